The molecule has 2 aromatic heterocycles. The van der Waals surface area contributed by atoms with E-state index in [1.165, 1.54) is 11.8 Å². The Balaban J connectivity index is 1.31. The number of anilines is 1. The normalized spacial score (nSPS) is 16.2. The van der Waals surface area contributed by atoms with Crippen molar-refractivity contribution in [1.82, 2.24) is 30.3 Å². The molecule has 2 N–H and O–H groups in total. The minimum atomic E-state index is -0.680. The summed E-state index contributed by atoms with van der Waals surface area (Å²) in [4.78, 5) is 35.6. The van der Waals surface area contributed by atoms with Crippen molar-refractivity contribution in [2.45, 2.75) is 17.5 Å². The largest absolute Gasteiger partial charge is 0.345 e. The average molecular weight is 433 g/mol. The summed E-state index contributed by atoms with van der Waals surface area (Å²) in [7, 11) is 1.71. The van der Waals surface area contributed by atoms with E-state index in [2.05, 4.69) is 25.6 Å². The van der Waals surface area contributed by atoms with E-state index in [0.29, 0.717) is 12.3 Å². The minimum absolute atomic E-state index is 0.177. The number of carbonyl (C=O) groups excluding carboxylic acids is 2. The van der Waals surface area contributed by atoms with Crippen LogP contribution in [-0.2, 0) is 11.3 Å². The van der Waals surface area contributed by atoms with Gasteiger partial charge in [0.05, 0.1) is 35.8 Å². The number of rotatable bonds is 4. The molecule has 2 aromatic carbocycles. The lowest BCUT2D eigenvalue weighted by Gasteiger charge is -2.21. The number of imidazole rings is 1. The summed E-state index contributed by atoms with van der Waals surface area (Å²) in [6.07, 6.45) is 3.22. The number of fused-ring (bicyclic) bond motifs is 2. The molecule has 0 saturated heterocycles. The first-order valence-electron chi connectivity index (χ1n) is 9.71. The molecule has 0 fully saturated rings. The second-order valence-electron chi connectivity index (χ2n) is 7.26. The summed E-state index contributed by atoms with van der Waals surface area (Å²) in [6, 6.07) is 13.0. The standard InChI is InChI=1S/C21H19N7O2S/c1-27-18-7-14-15(23-12-22-14)8-19(18)31-11-17(21(27)30)24-20(29)16-10-28(26-25-16)9-13-5-3-2-4-6-13/h2-8,10,12,17H,9,11H2,1H3,(H,22,23)(H,24,29)/t17-/m0/s1. The third-order valence-corrected chi connectivity index (χ3v) is 6.30. The monoisotopic (exact) mass is 433 g/mol. The summed E-state index contributed by atoms with van der Waals surface area (Å²) < 4.78 is 1.60. The molecule has 1 atom stereocenters. The summed E-state index contributed by atoms with van der Waals surface area (Å²) in [5.74, 6) is -0.197. The van der Waals surface area contributed by atoms with Gasteiger partial charge in [0.25, 0.3) is 5.91 Å². The zero-order valence-corrected chi connectivity index (χ0v) is 17.5. The van der Waals surface area contributed by atoms with E-state index in [1.54, 1.807) is 29.2 Å². The van der Waals surface area contributed by atoms with E-state index in [-0.39, 0.29) is 11.6 Å². The molecule has 156 valence electrons. The molecule has 0 aliphatic carbocycles. The van der Waals surface area contributed by atoms with Crippen molar-refractivity contribution in [2.75, 3.05) is 17.7 Å². The molecule has 10 heteroatoms. The van der Waals surface area contributed by atoms with Crippen LogP contribution in [0.2, 0.25) is 0 Å². The zero-order valence-electron chi connectivity index (χ0n) is 16.6. The van der Waals surface area contributed by atoms with Gasteiger partial charge in [-0.2, -0.15) is 0 Å². The Hall–Kier alpha value is -3.66. The maximum Gasteiger partial charge on any atom is 0.274 e. The van der Waals surface area contributed by atoms with Crippen molar-refractivity contribution in [3.63, 3.8) is 0 Å². The molecule has 31 heavy (non-hydrogen) atoms. The Morgan fingerprint density at radius 2 is 2.13 bits per heavy atom. The van der Waals surface area contributed by atoms with Crippen molar-refractivity contribution >= 4 is 40.3 Å². The number of hydrogen-bond donors (Lipinski definition) is 2. The highest BCUT2D eigenvalue weighted by Crippen LogP contribution is 2.36. The molecule has 1 aliphatic rings. The number of aromatic nitrogens is 5. The molecule has 0 unspecified atom stereocenters. The first-order chi connectivity index (χ1) is 15.1. The Kier molecular flexibility index (Phi) is 4.91. The third-order valence-electron chi connectivity index (χ3n) is 5.16. The number of carbonyl (C=O) groups is 2. The van der Waals surface area contributed by atoms with Gasteiger partial charge in [-0.1, -0.05) is 35.5 Å². The van der Waals surface area contributed by atoms with E-state index < -0.39 is 11.9 Å². The third kappa shape index (κ3) is 3.77. The lowest BCUT2D eigenvalue weighted by atomic mass is 10.2. The van der Waals surface area contributed by atoms with Gasteiger partial charge >= 0.3 is 0 Å². The predicted molar refractivity (Wildman–Crippen MR) is 117 cm³/mol. The highest BCUT2D eigenvalue weighted by atomic mass is 32.2. The van der Waals surface area contributed by atoms with Crippen LogP contribution in [-0.4, -0.2) is 55.6 Å². The number of aromatic amines is 1. The van der Waals surface area contributed by atoms with Crippen molar-refractivity contribution in [3.8, 4) is 0 Å². The van der Waals surface area contributed by atoms with Crippen LogP contribution in [0.5, 0.6) is 0 Å². The van der Waals surface area contributed by atoms with Crippen molar-refractivity contribution in [3.05, 3.63) is 66.2 Å². The van der Waals surface area contributed by atoms with Gasteiger partial charge in [-0.25, -0.2) is 9.67 Å². The molecule has 0 spiro atoms. The van der Waals surface area contributed by atoms with Crippen LogP contribution in [0.1, 0.15) is 16.1 Å². The van der Waals surface area contributed by atoms with Crippen molar-refractivity contribution < 1.29 is 9.59 Å². The van der Waals surface area contributed by atoms with Gasteiger partial charge in [-0.05, 0) is 17.7 Å². The van der Waals surface area contributed by atoms with Crippen LogP contribution in [0.3, 0.4) is 0 Å². The smallest absolute Gasteiger partial charge is 0.274 e. The number of H-pyrrole nitrogens is 1. The van der Waals surface area contributed by atoms with Crippen LogP contribution in [0.25, 0.3) is 11.0 Å². The van der Waals surface area contributed by atoms with Crippen LogP contribution in [0.4, 0.5) is 5.69 Å². The summed E-state index contributed by atoms with van der Waals surface area (Å²) >= 11 is 1.52. The second-order valence-corrected chi connectivity index (χ2v) is 8.32. The summed E-state index contributed by atoms with van der Waals surface area (Å²) in [5.41, 5.74) is 3.71. The molecule has 1 aliphatic heterocycles. The van der Waals surface area contributed by atoms with Crippen molar-refractivity contribution in [2.24, 2.45) is 0 Å². The number of amides is 2. The second kappa shape index (κ2) is 7.88. The lowest BCUT2D eigenvalue weighted by molar-refractivity contribution is -0.119. The maximum absolute atomic E-state index is 13.0. The Morgan fingerprint density at radius 3 is 2.97 bits per heavy atom. The summed E-state index contributed by atoms with van der Waals surface area (Å²) in [5, 5.41) is 10.8. The maximum atomic E-state index is 13.0. The molecular weight excluding hydrogens is 414 g/mol. The Bertz CT molecular complexity index is 1270. The molecule has 9 nitrogen and oxygen atoms in total. The van der Waals surface area contributed by atoms with Gasteiger partial charge in [0.2, 0.25) is 5.91 Å². The van der Waals surface area contributed by atoms with Crippen LogP contribution in [0, 0.1) is 0 Å². The van der Waals surface area contributed by atoms with E-state index in [1.807, 2.05) is 42.5 Å². The highest BCUT2D eigenvalue weighted by Gasteiger charge is 2.31. The number of nitrogens with one attached hydrogen (secondary N) is 2. The van der Waals surface area contributed by atoms with Crippen molar-refractivity contribution in [1.29, 1.82) is 0 Å². The molecule has 5 rings (SSSR count). The SMILES string of the molecule is CN1C(=O)[C@@H](NC(=O)c2cn(Cc3ccccc3)nn2)CSc2cc3[nH]cnc3cc21. The molecule has 4 aromatic rings. The van der Waals surface area contributed by atoms with Crippen LogP contribution in [0.15, 0.2) is 59.9 Å². The Labute approximate surface area is 181 Å². The fourth-order valence-electron chi connectivity index (χ4n) is 3.51. The van der Waals surface area contributed by atoms with E-state index in [4.69, 9.17) is 0 Å². The highest BCUT2D eigenvalue weighted by molar-refractivity contribution is 7.99. The first kappa shape index (κ1) is 19.3. The lowest BCUT2D eigenvalue weighted by Crippen LogP contribution is -2.48. The van der Waals surface area contributed by atoms with Gasteiger partial charge in [0, 0.05) is 17.7 Å². The number of hydrogen-bond acceptors (Lipinski definition) is 6. The molecule has 3 heterocycles. The number of likely N-dealkylation sites (N-methyl/N-ethyl adjacent to an activating group) is 1. The molecule has 0 bridgehead atoms. The zero-order chi connectivity index (χ0) is 21.4. The number of benzene rings is 2. The van der Waals surface area contributed by atoms with Crippen LogP contribution >= 0.6 is 11.8 Å². The summed E-state index contributed by atoms with van der Waals surface area (Å²) in [6.45, 7) is 0.512. The molecule has 2 amide bonds. The quantitative estimate of drug-likeness (QED) is 0.510. The van der Waals surface area contributed by atoms with Crippen LogP contribution < -0.4 is 10.2 Å². The molecular formula is C21H19N7O2S. The average Bonchev–Trinajstić information content (AvgIpc) is 3.42. The first-order valence-corrected chi connectivity index (χ1v) is 10.7. The van der Waals surface area contributed by atoms with Gasteiger partial charge in [-0.15, -0.1) is 16.9 Å². The van der Waals surface area contributed by atoms with Gasteiger partial charge < -0.3 is 15.2 Å². The number of nitrogens with zero attached hydrogens (tertiary/aromatic N) is 5. The van der Waals surface area contributed by atoms with E-state index in [0.717, 1.165) is 27.2 Å². The van der Waals surface area contributed by atoms with Gasteiger partial charge in [0.1, 0.15) is 6.04 Å². The fourth-order valence-corrected chi connectivity index (χ4v) is 4.63. The van der Waals surface area contributed by atoms with E-state index >= 15 is 0 Å². The van der Waals surface area contributed by atoms with Gasteiger partial charge in [-0.3, -0.25) is 9.59 Å². The van der Waals surface area contributed by atoms with Gasteiger partial charge in [0.15, 0.2) is 5.69 Å². The minimum Gasteiger partial charge on any atom is -0.345 e. The Morgan fingerprint density at radius 1 is 1.29 bits per heavy atom. The fraction of sp³-hybridized carbons (Fsp3) is 0.190. The molecule has 0 radical (unpaired) electrons. The predicted octanol–water partition coefficient (Wildman–Crippen LogP) is 2.07. The topological polar surface area (TPSA) is 109 Å². The van der Waals surface area contributed by atoms with E-state index in [9.17, 15) is 9.59 Å². The molecule has 0 saturated carbocycles. The number of thioether (sulfide) groups is 1.